The maximum atomic E-state index is 13.1. The molecule has 0 aliphatic carbocycles. The van der Waals surface area contributed by atoms with Gasteiger partial charge in [-0.25, -0.2) is 0 Å². The van der Waals surface area contributed by atoms with Gasteiger partial charge in [0.1, 0.15) is 6.04 Å². The Balaban J connectivity index is 2.25. The van der Waals surface area contributed by atoms with Crippen molar-refractivity contribution >= 4 is 23.4 Å². The van der Waals surface area contributed by atoms with E-state index in [0.29, 0.717) is 0 Å². The van der Waals surface area contributed by atoms with Crippen molar-refractivity contribution < 1.29 is 22.8 Å². The summed E-state index contributed by atoms with van der Waals surface area (Å²) in [4.78, 5) is 23.8. The molecule has 0 radical (unpaired) electrons. The first-order valence-corrected chi connectivity index (χ1v) is 7.57. The van der Waals surface area contributed by atoms with Gasteiger partial charge in [0.15, 0.2) is 0 Å². The van der Waals surface area contributed by atoms with Crippen LogP contribution in [0.5, 0.6) is 0 Å². The molecular weight excluding hydrogens is 357 g/mol. The highest BCUT2D eigenvalue weighted by molar-refractivity contribution is 6.33. The Morgan fingerprint density at radius 1 is 1.08 bits per heavy atom. The predicted molar refractivity (Wildman–Crippen MR) is 87.0 cm³/mol. The van der Waals surface area contributed by atoms with Gasteiger partial charge < -0.3 is 11.1 Å². The number of rotatable bonds is 5. The highest BCUT2D eigenvalue weighted by atomic mass is 35.5. The predicted octanol–water partition coefficient (Wildman–Crippen LogP) is 3.19. The summed E-state index contributed by atoms with van der Waals surface area (Å²) in [5.41, 5.74) is 4.32. The van der Waals surface area contributed by atoms with Gasteiger partial charge in [0.2, 0.25) is 5.91 Å². The lowest BCUT2D eigenvalue weighted by atomic mass is 9.99. The van der Waals surface area contributed by atoms with E-state index in [1.165, 1.54) is 30.3 Å². The summed E-state index contributed by atoms with van der Waals surface area (Å²) in [5.74, 6) is -1.64. The number of halogens is 4. The monoisotopic (exact) mass is 370 g/mol. The van der Waals surface area contributed by atoms with E-state index in [-0.39, 0.29) is 22.6 Å². The van der Waals surface area contributed by atoms with E-state index in [2.05, 4.69) is 5.32 Å². The van der Waals surface area contributed by atoms with Crippen molar-refractivity contribution in [2.24, 2.45) is 5.73 Å². The van der Waals surface area contributed by atoms with E-state index in [4.69, 9.17) is 17.3 Å². The number of alkyl halides is 3. The fourth-order valence-corrected chi connectivity index (χ4v) is 2.52. The molecule has 8 heteroatoms. The van der Waals surface area contributed by atoms with Crippen molar-refractivity contribution in [1.82, 2.24) is 5.32 Å². The fourth-order valence-electron chi connectivity index (χ4n) is 2.30. The summed E-state index contributed by atoms with van der Waals surface area (Å²) in [5, 5.41) is 2.49. The van der Waals surface area contributed by atoms with E-state index in [9.17, 15) is 22.8 Å². The molecule has 2 amide bonds. The molecule has 0 saturated heterocycles. The average molecular weight is 371 g/mol. The van der Waals surface area contributed by atoms with Crippen molar-refractivity contribution in [3.63, 3.8) is 0 Å². The van der Waals surface area contributed by atoms with Crippen LogP contribution >= 0.6 is 11.6 Å². The van der Waals surface area contributed by atoms with Gasteiger partial charge in [0.25, 0.3) is 5.91 Å². The van der Waals surface area contributed by atoms with E-state index in [0.717, 1.165) is 6.07 Å². The van der Waals surface area contributed by atoms with Crippen LogP contribution in [0, 0.1) is 0 Å². The van der Waals surface area contributed by atoms with Gasteiger partial charge >= 0.3 is 6.18 Å². The molecular formula is C17H14ClF3N2O2. The minimum absolute atomic E-state index is 0.0968. The van der Waals surface area contributed by atoms with Gasteiger partial charge in [0.05, 0.1) is 16.1 Å². The number of nitrogens with one attached hydrogen (secondary N) is 1. The number of primary amides is 1. The van der Waals surface area contributed by atoms with Crippen LogP contribution in [0.2, 0.25) is 5.02 Å². The number of benzene rings is 2. The largest absolute Gasteiger partial charge is 0.416 e. The zero-order valence-corrected chi connectivity index (χ0v) is 13.6. The molecule has 0 unspecified atom stereocenters. The van der Waals surface area contributed by atoms with Crippen molar-refractivity contribution in [3.8, 4) is 0 Å². The van der Waals surface area contributed by atoms with Crippen LogP contribution in [0.25, 0.3) is 0 Å². The minimum Gasteiger partial charge on any atom is -0.368 e. The van der Waals surface area contributed by atoms with E-state index in [1.54, 1.807) is 12.1 Å². The molecule has 0 bridgehead atoms. The van der Waals surface area contributed by atoms with Crippen molar-refractivity contribution in [2.75, 3.05) is 0 Å². The maximum Gasteiger partial charge on any atom is 0.416 e. The summed E-state index contributed by atoms with van der Waals surface area (Å²) in [7, 11) is 0. The Morgan fingerprint density at radius 2 is 1.68 bits per heavy atom. The van der Waals surface area contributed by atoms with Crippen LogP contribution in [0.3, 0.4) is 0 Å². The number of carbonyl (C=O) groups is 2. The Bertz CT molecular complexity index is 793. The number of hydrogen-bond donors (Lipinski definition) is 2. The SMILES string of the molecule is NC(=O)[C@@H](Cc1ccccc1C(F)(F)F)NC(=O)c1ccccc1Cl. The number of nitrogens with two attached hydrogens (primary N) is 1. The first-order valence-electron chi connectivity index (χ1n) is 7.20. The van der Waals surface area contributed by atoms with Gasteiger partial charge in [-0.05, 0) is 23.8 Å². The van der Waals surface area contributed by atoms with Gasteiger partial charge in [-0.15, -0.1) is 0 Å². The van der Waals surface area contributed by atoms with Crippen LogP contribution in [0.15, 0.2) is 48.5 Å². The van der Waals surface area contributed by atoms with Crippen molar-refractivity contribution in [2.45, 2.75) is 18.6 Å². The molecule has 0 aliphatic heterocycles. The topological polar surface area (TPSA) is 72.2 Å². The highest BCUT2D eigenvalue weighted by Gasteiger charge is 2.34. The lowest BCUT2D eigenvalue weighted by Crippen LogP contribution is -2.46. The molecule has 0 aliphatic rings. The molecule has 0 aromatic heterocycles. The Hall–Kier alpha value is -2.54. The van der Waals surface area contributed by atoms with Crippen molar-refractivity contribution in [3.05, 3.63) is 70.2 Å². The lowest BCUT2D eigenvalue weighted by molar-refractivity contribution is -0.138. The molecule has 3 N–H and O–H groups in total. The van der Waals surface area contributed by atoms with E-state index >= 15 is 0 Å². The third-order valence-electron chi connectivity index (χ3n) is 3.51. The molecule has 2 aromatic rings. The standard InChI is InChI=1S/C17H14ClF3N2O2/c18-13-8-4-2-6-11(13)16(25)23-14(15(22)24)9-10-5-1-3-7-12(10)17(19,20)21/h1-8,14H,9H2,(H2,22,24)(H,23,25)/t14-/m1/s1. The Kier molecular flexibility index (Phi) is 5.69. The smallest absolute Gasteiger partial charge is 0.368 e. The summed E-state index contributed by atoms with van der Waals surface area (Å²) in [6.45, 7) is 0. The third kappa shape index (κ3) is 4.73. The van der Waals surface area contributed by atoms with Crippen LogP contribution in [0.4, 0.5) is 13.2 Å². The van der Waals surface area contributed by atoms with E-state index in [1.807, 2.05) is 0 Å². The van der Waals surface area contributed by atoms with Crippen molar-refractivity contribution in [1.29, 1.82) is 0 Å². The molecule has 0 fully saturated rings. The Labute approximate surface area is 146 Å². The third-order valence-corrected chi connectivity index (χ3v) is 3.84. The Morgan fingerprint density at radius 3 is 2.28 bits per heavy atom. The maximum absolute atomic E-state index is 13.1. The minimum atomic E-state index is -4.58. The molecule has 1 atom stereocenters. The second-order valence-corrected chi connectivity index (χ2v) is 5.67. The first-order chi connectivity index (χ1) is 11.7. The quantitative estimate of drug-likeness (QED) is 0.848. The van der Waals surface area contributed by atoms with Crippen LogP contribution in [0.1, 0.15) is 21.5 Å². The fraction of sp³-hybridized carbons (Fsp3) is 0.176. The lowest BCUT2D eigenvalue weighted by Gasteiger charge is -2.19. The summed E-state index contributed by atoms with van der Waals surface area (Å²) in [6.07, 6.45) is -4.97. The van der Waals surface area contributed by atoms with Crippen LogP contribution in [-0.4, -0.2) is 17.9 Å². The molecule has 2 rings (SSSR count). The molecule has 4 nitrogen and oxygen atoms in total. The normalized spacial score (nSPS) is 12.5. The molecule has 0 saturated carbocycles. The highest BCUT2D eigenvalue weighted by Crippen LogP contribution is 2.32. The average Bonchev–Trinajstić information content (AvgIpc) is 2.54. The van der Waals surface area contributed by atoms with Crippen LogP contribution < -0.4 is 11.1 Å². The molecule has 2 aromatic carbocycles. The zero-order chi connectivity index (χ0) is 18.6. The number of amides is 2. The van der Waals surface area contributed by atoms with Gasteiger partial charge in [-0.1, -0.05) is 41.9 Å². The molecule has 0 heterocycles. The molecule has 25 heavy (non-hydrogen) atoms. The summed E-state index contributed by atoms with van der Waals surface area (Å²) >= 11 is 5.90. The van der Waals surface area contributed by atoms with E-state index < -0.39 is 29.6 Å². The summed E-state index contributed by atoms with van der Waals surface area (Å²) in [6, 6.07) is 9.58. The van der Waals surface area contributed by atoms with Gasteiger partial charge in [-0.3, -0.25) is 9.59 Å². The van der Waals surface area contributed by atoms with Gasteiger partial charge in [0, 0.05) is 6.42 Å². The number of carbonyl (C=O) groups excluding carboxylic acids is 2. The number of hydrogen-bond acceptors (Lipinski definition) is 2. The zero-order valence-electron chi connectivity index (χ0n) is 12.8. The second kappa shape index (κ2) is 7.57. The van der Waals surface area contributed by atoms with Crippen LogP contribution in [-0.2, 0) is 17.4 Å². The first kappa shape index (κ1) is 18.8. The second-order valence-electron chi connectivity index (χ2n) is 5.27. The van der Waals surface area contributed by atoms with Gasteiger partial charge in [-0.2, -0.15) is 13.2 Å². The summed E-state index contributed by atoms with van der Waals surface area (Å²) < 4.78 is 39.2. The molecule has 0 spiro atoms. The molecule has 132 valence electrons.